The molecule has 0 saturated carbocycles. The predicted molar refractivity (Wildman–Crippen MR) is 109 cm³/mol. The number of hydrogen-bond acceptors (Lipinski definition) is 6. The lowest BCUT2D eigenvalue weighted by Crippen LogP contribution is -2.18. The molecule has 2 aromatic carbocycles. The molecular weight excluding hydrogens is 340 g/mol. The van der Waals surface area contributed by atoms with E-state index in [1.165, 1.54) is 0 Å². The van der Waals surface area contributed by atoms with Crippen molar-refractivity contribution in [1.29, 1.82) is 0 Å². The summed E-state index contributed by atoms with van der Waals surface area (Å²) in [6, 6.07) is 17.7. The van der Waals surface area contributed by atoms with E-state index < -0.39 is 0 Å². The van der Waals surface area contributed by atoms with Crippen LogP contribution in [0.4, 0.5) is 23.0 Å². The normalized spacial score (nSPS) is 10.4. The number of methoxy groups -OCH3 is 2. The molecule has 0 fully saturated rings. The van der Waals surface area contributed by atoms with Crippen molar-refractivity contribution in [2.24, 2.45) is 0 Å². The van der Waals surface area contributed by atoms with Crippen molar-refractivity contribution in [2.75, 3.05) is 31.0 Å². The van der Waals surface area contributed by atoms with Crippen LogP contribution in [0.3, 0.4) is 0 Å². The largest absolute Gasteiger partial charge is 0.497 e. The van der Waals surface area contributed by atoms with Gasteiger partial charge in [0.25, 0.3) is 0 Å². The zero-order valence-electron chi connectivity index (χ0n) is 16.1. The summed E-state index contributed by atoms with van der Waals surface area (Å²) < 4.78 is 10.8. The maximum atomic E-state index is 5.44. The summed E-state index contributed by atoms with van der Waals surface area (Å²) >= 11 is 0. The number of anilines is 4. The summed E-state index contributed by atoms with van der Waals surface area (Å²) in [6.07, 6.45) is 0. The van der Waals surface area contributed by atoms with Crippen LogP contribution in [-0.2, 0) is 0 Å². The van der Waals surface area contributed by atoms with Gasteiger partial charge in [-0.1, -0.05) is 18.2 Å². The van der Waals surface area contributed by atoms with Gasteiger partial charge >= 0.3 is 0 Å². The smallest absolute Gasteiger partial charge is 0.142 e. The molecule has 6 nitrogen and oxygen atoms in total. The molecule has 1 N–H and O–H groups in total. The summed E-state index contributed by atoms with van der Waals surface area (Å²) in [5, 5.41) is 3.33. The molecular formula is C21H24N4O2. The number of nitrogens with one attached hydrogen (secondary N) is 1. The van der Waals surface area contributed by atoms with Gasteiger partial charge in [0, 0.05) is 24.4 Å². The molecule has 3 aromatic rings. The highest BCUT2D eigenvalue weighted by Gasteiger charge is 2.13. The lowest BCUT2D eigenvalue weighted by Gasteiger charge is -2.23. The summed E-state index contributed by atoms with van der Waals surface area (Å²) in [4.78, 5) is 11.3. The third kappa shape index (κ3) is 4.28. The first-order chi connectivity index (χ1) is 13.1. The molecule has 140 valence electrons. The minimum Gasteiger partial charge on any atom is -0.497 e. The van der Waals surface area contributed by atoms with Gasteiger partial charge in [-0.25, -0.2) is 9.97 Å². The summed E-state index contributed by atoms with van der Waals surface area (Å²) in [5.74, 6) is 3.66. The van der Waals surface area contributed by atoms with E-state index in [2.05, 4.69) is 39.2 Å². The van der Waals surface area contributed by atoms with Crippen LogP contribution in [0.1, 0.15) is 12.7 Å². The number of aryl methyl sites for hydroxylation is 1. The van der Waals surface area contributed by atoms with E-state index in [1.54, 1.807) is 14.2 Å². The number of para-hydroxylation sites is 1. The van der Waals surface area contributed by atoms with Crippen LogP contribution in [0, 0.1) is 6.92 Å². The van der Waals surface area contributed by atoms with Crippen molar-refractivity contribution in [2.45, 2.75) is 13.8 Å². The fourth-order valence-electron chi connectivity index (χ4n) is 2.89. The van der Waals surface area contributed by atoms with E-state index in [0.717, 1.165) is 29.5 Å². The van der Waals surface area contributed by atoms with Gasteiger partial charge in [-0.05, 0) is 38.1 Å². The Morgan fingerprint density at radius 3 is 2.41 bits per heavy atom. The Balaban J connectivity index is 1.96. The molecule has 1 aromatic heterocycles. The predicted octanol–water partition coefficient (Wildman–Crippen LogP) is 4.70. The third-order valence-electron chi connectivity index (χ3n) is 4.15. The average molecular weight is 364 g/mol. The molecule has 27 heavy (non-hydrogen) atoms. The van der Waals surface area contributed by atoms with Crippen molar-refractivity contribution in [1.82, 2.24) is 9.97 Å². The lowest BCUT2D eigenvalue weighted by atomic mass is 10.2. The second kappa shape index (κ2) is 8.40. The third-order valence-corrected chi connectivity index (χ3v) is 4.15. The molecule has 0 amide bonds. The van der Waals surface area contributed by atoms with Gasteiger partial charge < -0.3 is 19.7 Å². The maximum Gasteiger partial charge on any atom is 0.142 e. The quantitative estimate of drug-likeness (QED) is 0.655. The van der Waals surface area contributed by atoms with E-state index in [4.69, 9.17) is 9.47 Å². The van der Waals surface area contributed by atoms with Crippen molar-refractivity contribution in [3.05, 3.63) is 60.4 Å². The molecule has 0 bridgehead atoms. The van der Waals surface area contributed by atoms with Crippen molar-refractivity contribution >= 4 is 23.0 Å². The van der Waals surface area contributed by atoms with Crippen LogP contribution in [0.25, 0.3) is 0 Å². The van der Waals surface area contributed by atoms with E-state index >= 15 is 0 Å². The molecule has 3 rings (SSSR count). The summed E-state index contributed by atoms with van der Waals surface area (Å²) in [7, 11) is 3.27. The number of rotatable bonds is 7. The first-order valence-corrected chi connectivity index (χ1v) is 8.82. The van der Waals surface area contributed by atoms with Gasteiger partial charge in [-0.2, -0.15) is 0 Å². The number of aromatic nitrogens is 2. The number of hydrogen-bond donors (Lipinski definition) is 1. The standard InChI is InChI=1S/C21H24N4O2/c1-5-25(16-9-7-6-8-10-16)21-14-20(22-15(2)23-21)24-18-13-17(26-3)11-12-19(18)27-4/h6-14H,5H2,1-4H3,(H,22,23,24). The number of benzene rings is 2. The van der Waals surface area contributed by atoms with Gasteiger partial charge in [0.2, 0.25) is 0 Å². The zero-order valence-corrected chi connectivity index (χ0v) is 16.1. The van der Waals surface area contributed by atoms with Crippen LogP contribution in [0.15, 0.2) is 54.6 Å². The average Bonchev–Trinajstić information content (AvgIpc) is 2.69. The van der Waals surface area contributed by atoms with Gasteiger partial charge in [0.05, 0.1) is 19.9 Å². The van der Waals surface area contributed by atoms with Gasteiger partial charge in [-0.15, -0.1) is 0 Å². The molecule has 0 saturated heterocycles. The van der Waals surface area contributed by atoms with Gasteiger partial charge in [0.1, 0.15) is 29.0 Å². The van der Waals surface area contributed by atoms with Crippen LogP contribution in [0.5, 0.6) is 11.5 Å². The molecule has 0 aliphatic carbocycles. The van der Waals surface area contributed by atoms with Crippen LogP contribution >= 0.6 is 0 Å². The topological polar surface area (TPSA) is 59.5 Å². The molecule has 0 aliphatic rings. The van der Waals surface area contributed by atoms with Crippen molar-refractivity contribution in [3.63, 3.8) is 0 Å². The fourth-order valence-corrected chi connectivity index (χ4v) is 2.89. The van der Waals surface area contributed by atoms with Gasteiger partial charge in [-0.3, -0.25) is 0 Å². The van der Waals surface area contributed by atoms with Gasteiger partial charge in [0.15, 0.2) is 0 Å². The van der Waals surface area contributed by atoms with Crippen molar-refractivity contribution < 1.29 is 9.47 Å². The Hall–Kier alpha value is -3.28. The second-order valence-corrected chi connectivity index (χ2v) is 5.93. The van der Waals surface area contributed by atoms with Crippen LogP contribution in [-0.4, -0.2) is 30.7 Å². The SMILES string of the molecule is CCN(c1ccccc1)c1cc(Nc2cc(OC)ccc2OC)nc(C)n1. The highest BCUT2D eigenvalue weighted by Crippen LogP contribution is 2.32. The van der Waals surface area contributed by atoms with Crippen molar-refractivity contribution in [3.8, 4) is 11.5 Å². The Morgan fingerprint density at radius 2 is 1.74 bits per heavy atom. The fraction of sp³-hybridized carbons (Fsp3) is 0.238. The van der Waals surface area contributed by atoms with E-state index in [9.17, 15) is 0 Å². The molecule has 0 unspecified atom stereocenters. The number of ether oxygens (including phenoxy) is 2. The lowest BCUT2D eigenvalue weighted by molar-refractivity contribution is 0.405. The highest BCUT2D eigenvalue weighted by molar-refractivity contribution is 5.69. The van der Waals surface area contributed by atoms with Crippen LogP contribution < -0.4 is 19.7 Å². The summed E-state index contributed by atoms with van der Waals surface area (Å²) in [5.41, 5.74) is 1.87. The van der Waals surface area contributed by atoms with Crippen LogP contribution in [0.2, 0.25) is 0 Å². The Labute approximate surface area is 159 Å². The van der Waals surface area contributed by atoms with E-state index in [1.807, 2.05) is 49.4 Å². The minimum atomic E-state index is 0.686. The maximum absolute atomic E-state index is 5.44. The molecule has 0 spiro atoms. The molecule has 0 radical (unpaired) electrons. The molecule has 6 heteroatoms. The zero-order chi connectivity index (χ0) is 19.2. The molecule has 0 aliphatic heterocycles. The Morgan fingerprint density at radius 1 is 0.963 bits per heavy atom. The Bertz CT molecular complexity index is 900. The molecule has 0 atom stereocenters. The summed E-state index contributed by atoms with van der Waals surface area (Å²) in [6.45, 7) is 4.78. The monoisotopic (exact) mass is 364 g/mol. The Kier molecular flexibility index (Phi) is 5.76. The van der Waals surface area contributed by atoms with E-state index in [0.29, 0.717) is 17.4 Å². The first kappa shape index (κ1) is 18.5. The highest BCUT2D eigenvalue weighted by atomic mass is 16.5. The number of nitrogens with zero attached hydrogens (tertiary/aromatic N) is 3. The first-order valence-electron chi connectivity index (χ1n) is 8.82. The minimum absolute atomic E-state index is 0.686. The second-order valence-electron chi connectivity index (χ2n) is 5.93. The molecule has 1 heterocycles. The van der Waals surface area contributed by atoms with E-state index in [-0.39, 0.29) is 0 Å².